The van der Waals surface area contributed by atoms with E-state index in [4.69, 9.17) is 5.73 Å². The first kappa shape index (κ1) is 15.6. The first-order valence-electron chi connectivity index (χ1n) is 6.21. The Bertz CT molecular complexity index is 660. The maximum absolute atomic E-state index is 13.8. The number of rotatable bonds is 5. The Balaban J connectivity index is 2.37. The summed E-state index contributed by atoms with van der Waals surface area (Å²) >= 11 is 3.29. The van der Waals surface area contributed by atoms with E-state index in [1.807, 2.05) is 0 Å². The van der Waals surface area contributed by atoms with Crippen molar-refractivity contribution in [2.45, 2.75) is 13.0 Å². The van der Waals surface area contributed by atoms with E-state index < -0.39 is 5.97 Å². The van der Waals surface area contributed by atoms with E-state index in [-0.39, 0.29) is 18.1 Å². The normalized spacial score (nSPS) is 10.7. The Hall–Kier alpha value is -1.80. The predicted octanol–water partition coefficient (Wildman–Crippen LogP) is 1.52. The zero-order valence-corrected chi connectivity index (χ0v) is 12.9. The molecule has 0 bridgehead atoms. The van der Waals surface area contributed by atoms with Crippen molar-refractivity contribution < 1.29 is 13.9 Å². The molecule has 0 saturated heterocycles. The first-order valence-corrected chi connectivity index (χ1v) is 7.00. The smallest absolute Gasteiger partial charge is 0.360 e. The van der Waals surface area contributed by atoms with Crippen molar-refractivity contribution in [2.24, 2.45) is 5.73 Å². The lowest BCUT2D eigenvalue weighted by atomic mass is 10.2. The number of esters is 1. The maximum atomic E-state index is 13.8. The summed E-state index contributed by atoms with van der Waals surface area (Å²) in [4.78, 5) is 11.6. The third kappa shape index (κ3) is 3.45. The van der Waals surface area contributed by atoms with Gasteiger partial charge in [0.25, 0.3) is 0 Å². The number of carbonyl (C=O) groups excluding carboxylic acids is 1. The maximum Gasteiger partial charge on any atom is 0.360 e. The molecule has 1 aromatic heterocycles. The van der Waals surface area contributed by atoms with E-state index in [0.29, 0.717) is 24.2 Å². The molecule has 0 amide bonds. The number of nitrogens with zero attached hydrogens (tertiary/aromatic N) is 3. The van der Waals surface area contributed by atoms with Crippen LogP contribution >= 0.6 is 15.9 Å². The fourth-order valence-corrected chi connectivity index (χ4v) is 2.33. The average Bonchev–Trinajstić information content (AvgIpc) is 2.85. The molecular formula is C13H14BrFN4O2. The number of hydrogen-bond donors (Lipinski definition) is 1. The van der Waals surface area contributed by atoms with Gasteiger partial charge in [-0.1, -0.05) is 21.1 Å². The third-order valence-corrected chi connectivity index (χ3v) is 3.42. The van der Waals surface area contributed by atoms with Crippen LogP contribution in [0.15, 0.2) is 22.7 Å². The van der Waals surface area contributed by atoms with Crippen LogP contribution in [-0.4, -0.2) is 34.6 Å². The van der Waals surface area contributed by atoms with Gasteiger partial charge in [-0.05, 0) is 24.7 Å². The highest BCUT2D eigenvalue weighted by molar-refractivity contribution is 9.10. The lowest BCUT2D eigenvalue weighted by Gasteiger charge is -2.08. The van der Waals surface area contributed by atoms with E-state index in [9.17, 15) is 9.18 Å². The lowest BCUT2D eigenvalue weighted by molar-refractivity contribution is 0.0592. The minimum Gasteiger partial charge on any atom is -0.464 e. The molecule has 0 saturated carbocycles. The second-order valence-electron chi connectivity index (χ2n) is 4.31. The second-order valence-corrected chi connectivity index (χ2v) is 5.22. The van der Waals surface area contributed by atoms with E-state index >= 15 is 0 Å². The van der Waals surface area contributed by atoms with Gasteiger partial charge in [-0.3, -0.25) is 0 Å². The van der Waals surface area contributed by atoms with Crippen LogP contribution in [0.5, 0.6) is 0 Å². The van der Waals surface area contributed by atoms with Gasteiger partial charge in [-0.25, -0.2) is 13.9 Å². The molecule has 2 aromatic rings. The highest BCUT2D eigenvalue weighted by Crippen LogP contribution is 2.18. The molecule has 2 rings (SSSR count). The summed E-state index contributed by atoms with van der Waals surface area (Å²) in [6.45, 7) is 0.475. The van der Waals surface area contributed by atoms with E-state index in [2.05, 4.69) is 31.0 Å². The Kier molecular flexibility index (Phi) is 5.03. The van der Waals surface area contributed by atoms with Crippen molar-refractivity contribution in [2.75, 3.05) is 13.7 Å². The Morgan fingerprint density at radius 2 is 2.29 bits per heavy atom. The van der Waals surface area contributed by atoms with Crippen molar-refractivity contribution in [3.8, 4) is 0 Å². The number of hydrogen-bond acceptors (Lipinski definition) is 5. The number of halogens is 2. The van der Waals surface area contributed by atoms with Crippen LogP contribution in [0.25, 0.3) is 0 Å². The van der Waals surface area contributed by atoms with Gasteiger partial charge < -0.3 is 10.5 Å². The molecule has 0 aliphatic carbocycles. The molecular weight excluding hydrogens is 343 g/mol. The summed E-state index contributed by atoms with van der Waals surface area (Å²) in [5, 5.41) is 7.70. The number of carbonyl (C=O) groups is 1. The Morgan fingerprint density at radius 1 is 1.52 bits per heavy atom. The summed E-state index contributed by atoms with van der Waals surface area (Å²) in [7, 11) is 1.27. The summed E-state index contributed by atoms with van der Waals surface area (Å²) < 4.78 is 20.7. The Morgan fingerprint density at radius 3 is 2.95 bits per heavy atom. The van der Waals surface area contributed by atoms with Crippen LogP contribution in [0.4, 0.5) is 4.39 Å². The highest BCUT2D eigenvalue weighted by atomic mass is 79.9. The number of ether oxygens (including phenoxy) is 1. The minimum atomic E-state index is -0.584. The second kappa shape index (κ2) is 6.77. The standard InChI is InChI=1S/C13H14BrFN4O2/c1-21-13(20)12-11(4-5-16)19(18-17-12)7-8-6-9(14)2-3-10(8)15/h2-3,6H,4-5,7,16H2,1H3. The number of nitrogens with two attached hydrogens (primary N) is 1. The summed E-state index contributed by atoms with van der Waals surface area (Å²) in [6, 6.07) is 4.63. The molecule has 0 radical (unpaired) electrons. The molecule has 0 aliphatic rings. The van der Waals surface area contributed by atoms with Gasteiger partial charge in [0.15, 0.2) is 5.69 Å². The zero-order valence-electron chi connectivity index (χ0n) is 11.3. The molecule has 21 heavy (non-hydrogen) atoms. The fourth-order valence-electron chi connectivity index (χ4n) is 1.93. The van der Waals surface area contributed by atoms with Gasteiger partial charge >= 0.3 is 5.97 Å². The van der Waals surface area contributed by atoms with Crippen LogP contribution in [0, 0.1) is 5.82 Å². The van der Waals surface area contributed by atoms with Crippen LogP contribution in [0.3, 0.4) is 0 Å². The van der Waals surface area contributed by atoms with Gasteiger partial charge in [0, 0.05) is 16.5 Å². The molecule has 0 atom stereocenters. The van der Waals surface area contributed by atoms with Crippen molar-refractivity contribution >= 4 is 21.9 Å². The molecule has 8 heteroatoms. The van der Waals surface area contributed by atoms with Gasteiger partial charge in [0.1, 0.15) is 5.82 Å². The summed E-state index contributed by atoms with van der Waals surface area (Å²) in [6.07, 6.45) is 0.396. The van der Waals surface area contributed by atoms with Gasteiger partial charge in [0.05, 0.1) is 19.3 Å². The number of benzene rings is 1. The molecule has 0 fully saturated rings. The predicted molar refractivity (Wildman–Crippen MR) is 77.3 cm³/mol. The number of methoxy groups -OCH3 is 1. The third-order valence-electron chi connectivity index (χ3n) is 2.93. The topological polar surface area (TPSA) is 83.0 Å². The lowest BCUT2D eigenvalue weighted by Crippen LogP contribution is -2.15. The molecule has 0 aliphatic heterocycles. The van der Waals surface area contributed by atoms with E-state index in [0.717, 1.165) is 4.47 Å². The summed E-state index contributed by atoms with van der Waals surface area (Å²) in [5.74, 6) is -0.938. The first-order chi connectivity index (χ1) is 10.1. The largest absolute Gasteiger partial charge is 0.464 e. The van der Waals surface area contributed by atoms with Crippen molar-refractivity contribution in [1.82, 2.24) is 15.0 Å². The highest BCUT2D eigenvalue weighted by Gasteiger charge is 2.20. The fraction of sp³-hybridized carbons (Fsp3) is 0.308. The van der Waals surface area contributed by atoms with Crippen molar-refractivity contribution in [1.29, 1.82) is 0 Å². The van der Waals surface area contributed by atoms with Crippen molar-refractivity contribution in [3.63, 3.8) is 0 Å². The van der Waals surface area contributed by atoms with Gasteiger partial charge in [0.2, 0.25) is 0 Å². The minimum absolute atomic E-state index is 0.110. The average molecular weight is 357 g/mol. The number of aromatic nitrogens is 3. The van der Waals surface area contributed by atoms with Crippen LogP contribution in [0.1, 0.15) is 21.7 Å². The molecule has 2 N–H and O–H groups in total. The SMILES string of the molecule is COC(=O)c1nnn(Cc2cc(Br)ccc2F)c1CCN. The quantitative estimate of drug-likeness (QED) is 0.821. The Labute approximate surface area is 129 Å². The van der Waals surface area contributed by atoms with Crippen LogP contribution in [0.2, 0.25) is 0 Å². The van der Waals surface area contributed by atoms with E-state index in [1.54, 1.807) is 12.1 Å². The zero-order chi connectivity index (χ0) is 15.4. The molecule has 1 heterocycles. The van der Waals surface area contributed by atoms with Gasteiger partial charge in [-0.2, -0.15) is 0 Å². The van der Waals surface area contributed by atoms with E-state index in [1.165, 1.54) is 17.9 Å². The van der Waals surface area contributed by atoms with Gasteiger partial charge in [-0.15, -0.1) is 5.10 Å². The monoisotopic (exact) mass is 356 g/mol. The molecule has 0 spiro atoms. The molecule has 112 valence electrons. The van der Waals surface area contributed by atoms with Crippen LogP contribution < -0.4 is 5.73 Å². The van der Waals surface area contributed by atoms with Crippen LogP contribution in [-0.2, 0) is 17.7 Å². The molecule has 0 unspecified atom stereocenters. The summed E-state index contributed by atoms with van der Waals surface area (Å²) in [5.41, 5.74) is 6.62. The molecule has 6 nitrogen and oxygen atoms in total. The molecule has 1 aromatic carbocycles. The van der Waals surface area contributed by atoms with Crippen molar-refractivity contribution in [3.05, 3.63) is 45.4 Å².